The Balaban J connectivity index is 1.43. The molecule has 1 saturated heterocycles. The van der Waals surface area contributed by atoms with Crippen molar-refractivity contribution in [3.05, 3.63) is 35.2 Å². The summed E-state index contributed by atoms with van der Waals surface area (Å²) in [6, 6.07) is 6.20. The summed E-state index contributed by atoms with van der Waals surface area (Å²) in [5.41, 5.74) is 11.6. The van der Waals surface area contributed by atoms with E-state index < -0.39 is 0 Å². The summed E-state index contributed by atoms with van der Waals surface area (Å²) in [7, 11) is 0. The largest absolute Gasteiger partial charge is 0.390 e. The molecular weight excluding hydrogens is 378 g/mol. The zero-order chi connectivity index (χ0) is 20.9. The van der Waals surface area contributed by atoms with Crippen molar-refractivity contribution in [2.24, 2.45) is 11.1 Å². The van der Waals surface area contributed by atoms with Crippen LogP contribution in [0.15, 0.2) is 18.2 Å². The van der Waals surface area contributed by atoms with Crippen molar-refractivity contribution in [2.45, 2.75) is 58.1 Å². The number of nitrogens with one attached hydrogen (secondary N) is 1. The maximum Gasteiger partial charge on any atom is 0.228 e. The predicted molar refractivity (Wildman–Crippen MR) is 116 cm³/mol. The molecule has 2 fully saturated rings. The lowest BCUT2D eigenvalue weighted by atomic mass is 9.74. The van der Waals surface area contributed by atoms with Crippen LogP contribution in [0.4, 0.5) is 11.5 Å². The fourth-order valence-corrected chi connectivity index (χ4v) is 5.49. The first kappa shape index (κ1) is 19.5. The maximum absolute atomic E-state index is 11.7. The molecule has 1 aliphatic carbocycles. The van der Waals surface area contributed by atoms with Gasteiger partial charge in [-0.2, -0.15) is 0 Å². The third-order valence-electron chi connectivity index (χ3n) is 7.31. The van der Waals surface area contributed by atoms with Gasteiger partial charge in [-0.1, -0.05) is 18.6 Å². The van der Waals surface area contributed by atoms with Crippen LogP contribution in [0.1, 0.15) is 49.1 Å². The molecule has 1 aromatic heterocycles. The SMILES string of the molecule is Cc1nc(N2CCC3(CCC[C@H]3N)CC2)c(CO)nc1-c1ccc2c(c1)NC(=O)C2. The number of carbonyl (C=O) groups is 1. The molecule has 1 aromatic carbocycles. The minimum Gasteiger partial charge on any atom is -0.390 e. The zero-order valence-electron chi connectivity index (χ0n) is 17.4. The highest BCUT2D eigenvalue weighted by molar-refractivity contribution is 5.99. The Bertz CT molecular complexity index is 997. The van der Waals surface area contributed by atoms with Crippen molar-refractivity contribution in [1.82, 2.24) is 9.97 Å². The Morgan fingerprint density at radius 3 is 2.77 bits per heavy atom. The van der Waals surface area contributed by atoms with Gasteiger partial charge in [0.15, 0.2) is 5.82 Å². The number of fused-ring (bicyclic) bond motifs is 1. The van der Waals surface area contributed by atoms with E-state index in [9.17, 15) is 9.90 Å². The highest BCUT2D eigenvalue weighted by Gasteiger charge is 2.43. The molecule has 3 heterocycles. The van der Waals surface area contributed by atoms with E-state index in [2.05, 4.69) is 10.2 Å². The number of rotatable bonds is 3. The third-order valence-corrected chi connectivity index (χ3v) is 7.31. The van der Waals surface area contributed by atoms with Crippen molar-refractivity contribution in [2.75, 3.05) is 23.3 Å². The summed E-state index contributed by atoms with van der Waals surface area (Å²) in [5, 5.41) is 12.9. The van der Waals surface area contributed by atoms with E-state index in [1.807, 2.05) is 25.1 Å². The van der Waals surface area contributed by atoms with Crippen molar-refractivity contribution in [3.8, 4) is 11.3 Å². The second kappa shape index (κ2) is 7.32. The van der Waals surface area contributed by atoms with Crippen LogP contribution in [0.3, 0.4) is 0 Å². The molecule has 158 valence electrons. The summed E-state index contributed by atoms with van der Waals surface area (Å²) >= 11 is 0. The lowest BCUT2D eigenvalue weighted by Crippen LogP contribution is -2.47. The average molecular weight is 408 g/mol. The number of carbonyl (C=O) groups excluding carboxylic acids is 1. The monoisotopic (exact) mass is 407 g/mol. The van der Waals surface area contributed by atoms with E-state index in [-0.39, 0.29) is 17.9 Å². The Hall–Kier alpha value is -2.51. The molecule has 30 heavy (non-hydrogen) atoms. The van der Waals surface area contributed by atoms with Crippen LogP contribution in [-0.2, 0) is 17.8 Å². The van der Waals surface area contributed by atoms with E-state index >= 15 is 0 Å². The topological polar surface area (TPSA) is 104 Å². The number of aliphatic hydroxyl groups is 1. The first-order valence-corrected chi connectivity index (χ1v) is 10.9. The summed E-state index contributed by atoms with van der Waals surface area (Å²) in [4.78, 5) is 23.6. The summed E-state index contributed by atoms with van der Waals surface area (Å²) < 4.78 is 0. The Kier molecular flexibility index (Phi) is 4.75. The number of nitrogens with two attached hydrogens (primary N) is 1. The number of aliphatic hydroxyl groups excluding tert-OH is 1. The maximum atomic E-state index is 11.7. The Morgan fingerprint density at radius 1 is 1.27 bits per heavy atom. The van der Waals surface area contributed by atoms with Gasteiger partial charge >= 0.3 is 0 Å². The third kappa shape index (κ3) is 3.17. The van der Waals surface area contributed by atoms with Gasteiger partial charge < -0.3 is 21.1 Å². The summed E-state index contributed by atoms with van der Waals surface area (Å²) in [6.45, 7) is 3.60. The first-order chi connectivity index (χ1) is 14.5. The van der Waals surface area contributed by atoms with Gasteiger partial charge in [-0.05, 0) is 49.7 Å². The number of benzene rings is 1. The minimum absolute atomic E-state index is 0.0150. The molecule has 1 spiro atoms. The molecule has 1 atom stereocenters. The van der Waals surface area contributed by atoms with Gasteiger partial charge in [0.25, 0.3) is 0 Å². The van der Waals surface area contributed by atoms with Gasteiger partial charge in [0, 0.05) is 30.4 Å². The molecule has 4 N–H and O–H groups in total. The van der Waals surface area contributed by atoms with Crippen LogP contribution in [-0.4, -0.2) is 40.1 Å². The molecule has 1 amide bonds. The van der Waals surface area contributed by atoms with Crippen LogP contribution in [0.2, 0.25) is 0 Å². The highest BCUT2D eigenvalue weighted by atomic mass is 16.3. The first-order valence-electron chi connectivity index (χ1n) is 10.9. The van der Waals surface area contributed by atoms with Crippen LogP contribution < -0.4 is 16.0 Å². The molecule has 7 heteroatoms. The second-order valence-electron chi connectivity index (χ2n) is 9.03. The zero-order valence-corrected chi connectivity index (χ0v) is 17.4. The van der Waals surface area contributed by atoms with Crippen LogP contribution in [0.5, 0.6) is 0 Å². The standard InChI is InChI=1S/C23H29N5O2/c1-14-21(16-5-4-15-12-20(30)26-17(15)11-16)27-18(13-29)22(25-14)28-9-7-23(8-10-28)6-2-3-19(23)24/h4-5,11,19,29H,2-3,6-10,12-13,24H2,1H3,(H,26,30)/t19-/m1/s1. The normalized spacial score (nSPS) is 22.4. The van der Waals surface area contributed by atoms with Crippen LogP contribution >= 0.6 is 0 Å². The number of piperidine rings is 1. The van der Waals surface area contributed by atoms with E-state index in [1.54, 1.807) is 0 Å². The van der Waals surface area contributed by atoms with Gasteiger partial charge in [-0.15, -0.1) is 0 Å². The lowest BCUT2D eigenvalue weighted by molar-refractivity contribution is -0.115. The smallest absolute Gasteiger partial charge is 0.228 e. The van der Waals surface area contributed by atoms with Gasteiger partial charge in [-0.3, -0.25) is 4.79 Å². The second-order valence-corrected chi connectivity index (χ2v) is 9.03. The number of anilines is 2. The van der Waals surface area contributed by atoms with Gasteiger partial charge in [0.2, 0.25) is 5.91 Å². The van der Waals surface area contributed by atoms with Gasteiger partial charge in [0.05, 0.1) is 24.4 Å². The highest BCUT2D eigenvalue weighted by Crippen LogP contribution is 2.46. The molecule has 2 aliphatic heterocycles. The molecule has 1 saturated carbocycles. The Morgan fingerprint density at radius 2 is 2.07 bits per heavy atom. The van der Waals surface area contributed by atoms with Crippen molar-refractivity contribution in [1.29, 1.82) is 0 Å². The van der Waals surface area contributed by atoms with Crippen LogP contribution in [0, 0.1) is 12.3 Å². The average Bonchev–Trinajstić information content (AvgIpc) is 3.29. The van der Waals surface area contributed by atoms with Gasteiger partial charge in [-0.25, -0.2) is 9.97 Å². The predicted octanol–water partition coefficient (Wildman–Crippen LogP) is 2.54. The number of aromatic nitrogens is 2. The molecule has 0 radical (unpaired) electrons. The minimum atomic E-state index is -0.154. The van der Waals surface area contributed by atoms with Crippen molar-refractivity contribution < 1.29 is 9.90 Å². The number of hydrogen-bond acceptors (Lipinski definition) is 6. The molecule has 3 aliphatic rings. The Labute approximate surface area is 176 Å². The van der Waals surface area contributed by atoms with Crippen molar-refractivity contribution >= 4 is 17.4 Å². The molecule has 7 nitrogen and oxygen atoms in total. The molecular formula is C23H29N5O2. The van der Waals surface area contributed by atoms with E-state index in [4.69, 9.17) is 15.7 Å². The quantitative estimate of drug-likeness (QED) is 0.722. The van der Waals surface area contributed by atoms with E-state index in [0.29, 0.717) is 18.2 Å². The van der Waals surface area contributed by atoms with E-state index in [0.717, 1.165) is 66.4 Å². The lowest BCUT2D eigenvalue weighted by Gasteiger charge is -2.42. The number of hydrogen-bond donors (Lipinski definition) is 3. The summed E-state index contributed by atoms with van der Waals surface area (Å²) in [6.07, 6.45) is 6.17. The molecule has 2 aromatic rings. The van der Waals surface area contributed by atoms with Gasteiger partial charge in [0.1, 0.15) is 5.69 Å². The number of nitrogens with zero attached hydrogens (tertiary/aromatic N) is 3. The van der Waals surface area contributed by atoms with Crippen molar-refractivity contribution in [3.63, 3.8) is 0 Å². The molecule has 0 unspecified atom stereocenters. The van der Waals surface area contributed by atoms with Crippen LogP contribution in [0.25, 0.3) is 11.3 Å². The number of aryl methyl sites for hydroxylation is 1. The fraction of sp³-hybridized carbons (Fsp3) is 0.522. The molecule has 0 bridgehead atoms. The summed E-state index contributed by atoms with van der Waals surface area (Å²) in [5.74, 6) is 0.802. The fourth-order valence-electron chi connectivity index (χ4n) is 5.49. The molecule has 5 rings (SSSR count). The van der Waals surface area contributed by atoms with E-state index in [1.165, 1.54) is 12.8 Å². The number of amides is 1.